The van der Waals surface area contributed by atoms with Crippen molar-refractivity contribution < 1.29 is 14.3 Å². The van der Waals surface area contributed by atoms with E-state index in [0.29, 0.717) is 24.8 Å². The molecule has 0 radical (unpaired) electrons. The minimum absolute atomic E-state index is 0.300. The summed E-state index contributed by atoms with van der Waals surface area (Å²) in [6.45, 7) is 4.47. The van der Waals surface area contributed by atoms with Crippen LogP contribution in [0.15, 0.2) is 42.5 Å². The summed E-state index contributed by atoms with van der Waals surface area (Å²) in [6.07, 6.45) is 0. The van der Waals surface area contributed by atoms with Gasteiger partial charge in [-0.05, 0) is 30.0 Å². The van der Waals surface area contributed by atoms with Crippen molar-refractivity contribution in [1.82, 2.24) is 4.98 Å². The second-order valence-electron chi connectivity index (χ2n) is 4.84. The Labute approximate surface area is 128 Å². The van der Waals surface area contributed by atoms with Gasteiger partial charge in [0.05, 0.1) is 13.2 Å². The second-order valence-corrected chi connectivity index (χ2v) is 4.84. The molecule has 0 N–H and O–H groups in total. The third kappa shape index (κ3) is 2.48. The Bertz CT molecular complexity index is 842. The first kappa shape index (κ1) is 14.3. The molecule has 0 amide bonds. The van der Waals surface area contributed by atoms with Crippen LogP contribution >= 0.6 is 0 Å². The molecule has 112 valence electrons. The standard InChI is InChI=1S/C18H17NO3/c1-3-21-16-11-15-13-8-6-5-7-12(13)9-10-14(15)17(19-16)18(20)22-4-2/h5-11H,3-4H2,1-2H3. The Morgan fingerprint density at radius 2 is 1.82 bits per heavy atom. The number of benzene rings is 2. The second kappa shape index (κ2) is 6.02. The summed E-state index contributed by atoms with van der Waals surface area (Å²) in [6, 6.07) is 13.8. The summed E-state index contributed by atoms with van der Waals surface area (Å²) < 4.78 is 10.6. The maximum Gasteiger partial charge on any atom is 0.357 e. The van der Waals surface area contributed by atoms with Crippen molar-refractivity contribution in [3.63, 3.8) is 0 Å². The number of ether oxygens (including phenoxy) is 2. The molecule has 22 heavy (non-hydrogen) atoms. The van der Waals surface area contributed by atoms with Crippen molar-refractivity contribution in [2.75, 3.05) is 13.2 Å². The Hall–Kier alpha value is -2.62. The highest BCUT2D eigenvalue weighted by atomic mass is 16.5. The predicted octanol–water partition coefficient (Wildman–Crippen LogP) is 3.96. The van der Waals surface area contributed by atoms with E-state index in [2.05, 4.69) is 4.98 Å². The topological polar surface area (TPSA) is 48.4 Å². The van der Waals surface area contributed by atoms with Gasteiger partial charge < -0.3 is 9.47 Å². The average molecular weight is 295 g/mol. The molecule has 0 atom stereocenters. The predicted molar refractivity (Wildman–Crippen MR) is 86.4 cm³/mol. The van der Waals surface area contributed by atoms with Crippen molar-refractivity contribution in [1.29, 1.82) is 0 Å². The molecule has 2 aromatic carbocycles. The van der Waals surface area contributed by atoms with Gasteiger partial charge in [0.25, 0.3) is 0 Å². The van der Waals surface area contributed by atoms with Gasteiger partial charge in [-0.2, -0.15) is 0 Å². The maximum atomic E-state index is 12.2. The molecule has 0 aliphatic rings. The van der Waals surface area contributed by atoms with E-state index >= 15 is 0 Å². The quantitative estimate of drug-likeness (QED) is 0.540. The lowest BCUT2D eigenvalue weighted by Crippen LogP contribution is -2.09. The fourth-order valence-corrected chi connectivity index (χ4v) is 2.56. The highest BCUT2D eigenvalue weighted by Gasteiger charge is 2.16. The number of fused-ring (bicyclic) bond motifs is 3. The molecule has 0 unspecified atom stereocenters. The molecular weight excluding hydrogens is 278 g/mol. The van der Waals surface area contributed by atoms with Gasteiger partial charge in [-0.25, -0.2) is 9.78 Å². The van der Waals surface area contributed by atoms with Gasteiger partial charge in [0, 0.05) is 11.5 Å². The van der Waals surface area contributed by atoms with Crippen molar-refractivity contribution in [2.45, 2.75) is 13.8 Å². The van der Waals surface area contributed by atoms with E-state index in [0.717, 1.165) is 21.5 Å². The zero-order valence-corrected chi connectivity index (χ0v) is 12.6. The number of esters is 1. The molecule has 0 spiro atoms. The maximum absolute atomic E-state index is 12.2. The lowest BCUT2D eigenvalue weighted by molar-refractivity contribution is 0.0521. The normalized spacial score (nSPS) is 10.8. The van der Waals surface area contributed by atoms with Crippen LogP contribution in [0.5, 0.6) is 5.88 Å². The van der Waals surface area contributed by atoms with Crippen LogP contribution in [0, 0.1) is 0 Å². The van der Waals surface area contributed by atoms with Crippen LogP contribution in [0.1, 0.15) is 24.3 Å². The molecular formula is C18H17NO3. The molecule has 4 nitrogen and oxygen atoms in total. The smallest absolute Gasteiger partial charge is 0.357 e. The molecule has 1 aromatic heterocycles. The van der Waals surface area contributed by atoms with Gasteiger partial charge in [-0.15, -0.1) is 0 Å². The van der Waals surface area contributed by atoms with Crippen LogP contribution < -0.4 is 4.74 Å². The third-order valence-electron chi connectivity index (χ3n) is 3.48. The van der Waals surface area contributed by atoms with E-state index in [1.54, 1.807) is 6.92 Å². The molecule has 1 heterocycles. The van der Waals surface area contributed by atoms with Crippen LogP contribution in [0.4, 0.5) is 0 Å². The zero-order chi connectivity index (χ0) is 15.5. The van der Waals surface area contributed by atoms with Crippen LogP contribution in [-0.4, -0.2) is 24.2 Å². The van der Waals surface area contributed by atoms with Crippen LogP contribution in [0.25, 0.3) is 21.5 Å². The van der Waals surface area contributed by atoms with Gasteiger partial charge in [0.1, 0.15) is 0 Å². The molecule has 4 heteroatoms. The Kier molecular flexibility index (Phi) is 3.92. The minimum Gasteiger partial charge on any atom is -0.478 e. The lowest BCUT2D eigenvalue weighted by atomic mass is 10.0. The molecule has 3 rings (SSSR count). The zero-order valence-electron chi connectivity index (χ0n) is 12.6. The van der Waals surface area contributed by atoms with Crippen molar-refractivity contribution in [2.24, 2.45) is 0 Å². The first-order valence-corrected chi connectivity index (χ1v) is 7.37. The number of hydrogen-bond donors (Lipinski definition) is 0. The summed E-state index contributed by atoms with van der Waals surface area (Å²) in [5.41, 5.74) is 0.300. The Morgan fingerprint density at radius 1 is 1.00 bits per heavy atom. The summed E-state index contributed by atoms with van der Waals surface area (Å²) in [4.78, 5) is 16.5. The minimum atomic E-state index is -0.427. The van der Waals surface area contributed by atoms with Crippen molar-refractivity contribution >= 4 is 27.5 Å². The highest BCUT2D eigenvalue weighted by molar-refractivity contribution is 6.13. The summed E-state index contributed by atoms with van der Waals surface area (Å²) >= 11 is 0. The first-order valence-electron chi connectivity index (χ1n) is 7.37. The van der Waals surface area contributed by atoms with Gasteiger partial charge >= 0.3 is 5.97 Å². The molecule has 0 aliphatic carbocycles. The first-order chi connectivity index (χ1) is 10.7. The van der Waals surface area contributed by atoms with Crippen molar-refractivity contribution in [3.8, 4) is 5.88 Å². The Morgan fingerprint density at radius 3 is 2.59 bits per heavy atom. The molecule has 0 saturated heterocycles. The number of aromatic nitrogens is 1. The van der Waals surface area contributed by atoms with Gasteiger partial charge in [0.15, 0.2) is 5.69 Å². The Balaban J connectivity index is 2.33. The lowest BCUT2D eigenvalue weighted by Gasteiger charge is -2.11. The van der Waals surface area contributed by atoms with Gasteiger partial charge in [0.2, 0.25) is 5.88 Å². The van der Waals surface area contributed by atoms with E-state index in [4.69, 9.17) is 9.47 Å². The van der Waals surface area contributed by atoms with Gasteiger partial charge in [-0.1, -0.05) is 36.4 Å². The number of rotatable bonds is 4. The van der Waals surface area contributed by atoms with E-state index in [9.17, 15) is 4.79 Å². The summed E-state index contributed by atoms with van der Waals surface area (Å²) in [5, 5.41) is 3.90. The number of hydrogen-bond acceptors (Lipinski definition) is 4. The average Bonchev–Trinajstić information content (AvgIpc) is 2.54. The van der Waals surface area contributed by atoms with E-state index in [-0.39, 0.29) is 0 Å². The van der Waals surface area contributed by atoms with E-state index < -0.39 is 5.97 Å². The van der Waals surface area contributed by atoms with Crippen molar-refractivity contribution in [3.05, 3.63) is 48.2 Å². The van der Waals surface area contributed by atoms with E-state index in [1.165, 1.54) is 0 Å². The highest BCUT2D eigenvalue weighted by Crippen LogP contribution is 2.30. The SMILES string of the molecule is CCOC(=O)c1nc(OCC)cc2c1ccc1ccccc12. The summed E-state index contributed by atoms with van der Waals surface area (Å²) in [5.74, 6) is 0.0127. The molecule has 0 bridgehead atoms. The summed E-state index contributed by atoms with van der Waals surface area (Å²) in [7, 11) is 0. The number of carbonyl (C=O) groups excluding carboxylic acids is 1. The van der Waals surface area contributed by atoms with E-state index in [1.807, 2.05) is 49.4 Å². The van der Waals surface area contributed by atoms with Crippen LogP contribution in [0.2, 0.25) is 0 Å². The molecule has 0 aliphatic heterocycles. The largest absolute Gasteiger partial charge is 0.478 e. The monoisotopic (exact) mass is 295 g/mol. The number of pyridine rings is 1. The van der Waals surface area contributed by atoms with Crippen LogP contribution in [0.3, 0.4) is 0 Å². The number of nitrogens with zero attached hydrogens (tertiary/aromatic N) is 1. The number of carbonyl (C=O) groups is 1. The molecule has 3 aromatic rings. The molecule has 0 fully saturated rings. The fraction of sp³-hybridized carbons (Fsp3) is 0.222. The molecule has 0 saturated carbocycles. The van der Waals surface area contributed by atoms with Gasteiger partial charge in [-0.3, -0.25) is 0 Å². The van der Waals surface area contributed by atoms with Crippen LogP contribution in [-0.2, 0) is 4.74 Å². The fourth-order valence-electron chi connectivity index (χ4n) is 2.56. The third-order valence-corrected chi connectivity index (χ3v) is 3.48.